The molecule has 0 amide bonds. The zero-order valence-electron chi connectivity index (χ0n) is 34.8. The van der Waals surface area contributed by atoms with E-state index in [1.807, 2.05) is 0 Å². The summed E-state index contributed by atoms with van der Waals surface area (Å²) in [6.45, 7) is 4.80. The maximum absolute atomic E-state index is 6.51. The third-order valence-corrected chi connectivity index (χ3v) is 14.2. The van der Waals surface area contributed by atoms with Gasteiger partial charge < -0.3 is 8.83 Å². The predicted octanol–water partition coefficient (Wildman–Crippen LogP) is 17.4. The van der Waals surface area contributed by atoms with Gasteiger partial charge in [-0.25, -0.2) is 0 Å². The van der Waals surface area contributed by atoms with Crippen molar-refractivity contribution in [2.24, 2.45) is 0 Å². The summed E-state index contributed by atoms with van der Waals surface area (Å²) in [5.74, 6) is 0. The Labute approximate surface area is 363 Å². The summed E-state index contributed by atoms with van der Waals surface area (Å²) in [5.41, 5.74) is 16.1. The van der Waals surface area contributed by atoms with E-state index < -0.39 is 0 Å². The summed E-state index contributed by atoms with van der Waals surface area (Å²) < 4.78 is 13.0. The standard InChI is InChI=1S/C61H38O2/c1-61(2)50-27-6-3-16-39(50)44-25-13-26-47(60(44)61)57-42-23-11-19-37(40-21-9-14-35-30-32-53-58(55(35)40)45-17-4-7-28-51(45)62-53)48(42)34-49-38(20-12-24-43(49)57)41-22-10-15-36-31-33-54-59(56(36)41)46-18-5-8-29-52(46)63-54/h3-34H,1-2H3. The van der Waals surface area contributed by atoms with Crippen LogP contribution in [-0.4, -0.2) is 0 Å². The Morgan fingerprint density at radius 1 is 0.302 bits per heavy atom. The Kier molecular flexibility index (Phi) is 6.93. The van der Waals surface area contributed by atoms with Crippen molar-refractivity contribution in [1.29, 1.82) is 0 Å². The van der Waals surface area contributed by atoms with Crippen LogP contribution < -0.4 is 0 Å². The molecule has 1 aliphatic rings. The molecule has 0 radical (unpaired) electrons. The maximum atomic E-state index is 6.51. The number of hydrogen-bond acceptors (Lipinski definition) is 2. The Bertz CT molecular complexity index is 3910. The highest BCUT2D eigenvalue weighted by Crippen LogP contribution is 2.55. The average Bonchev–Trinajstić information content (AvgIpc) is 3.98. The lowest BCUT2D eigenvalue weighted by Gasteiger charge is -2.26. The highest BCUT2D eigenvalue weighted by Gasteiger charge is 2.38. The second kappa shape index (κ2) is 12.6. The SMILES string of the molecule is CC1(C)c2ccccc2-c2cccc(-c3c4cccc(-c5cccc6ccc7oc8ccccc8c7c56)c4cc4c(-c5cccc6ccc7oc8ccccc8c7c56)cccc34)c21. The largest absolute Gasteiger partial charge is 0.456 e. The molecule has 0 N–H and O–H groups in total. The van der Waals surface area contributed by atoms with Crippen LogP contribution in [0.3, 0.4) is 0 Å². The quantitative estimate of drug-likeness (QED) is 0.166. The zero-order chi connectivity index (χ0) is 41.6. The summed E-state index contributed by atoms with van der Waals surface area (Å²) in [6, 6.07) is 71.3. The average molecular weight is 803 g/mol. The van der Waals surface area contributed by atoms with Gasteiger partial charge in [-0.3, -0.25) is 0 Å². The van der Waals surface area contributed by atoms with Crippen molar-refractivity contribution in [1.82, 2.24) is 0 Å². The van der Waals surface area contributed by atoms with Crippen LogP contribution >= 0.6 is 0 Å². The summed E-state index contributed by atoms with van der Waals surface area (Å²) >= 11 is 0. The van der Waals surface area contributed by atoms with E-state index >= 15 is 0 Å². The molecule has 1 aliphatic carbocycles. The van der Waals surface area contributed by atoms with E-state index in [-0.39, 0.29) is 5.41 Å². The third-order valence-electron chi connectivity index (χ3n) is 14.2. The smallest absolute Gasteiger partial charge is 0.136 e. The van der Waals surface area contributed by atoms with E-state index in [1.165, 1.54) is 98.7 Å². The van der Waals surface area contributed by atoms with Crippen LogP contribution in [0.2, 0.25) is 0 Å². The fourth-order valence-corrected chi connectivity index (χ4v) is 11.6. The molecule has 13 aromatic rings. The van der Waals surface area contributed by atoms with Gasteiger partial charge in [-0.15, -0.1) is 0 Å². The second-order valence-electron chi connectivity index (χ2n) is 17.8. The minimum Gasteiger partial charge on any atom is -0.456 e. The molecule has 14 rings (SSSR count). The lowest BCUT2D eigenvalue weighted by molar-refractivity contribution is 0.662. The molecule has 63 heavy (non-hydrogen) atoms. The van der Waals surface area contributed by atoms with Crippen molar-refractivity contribution >= 4 is 87.0 Å². The summed E-state index contributed by atoms with van der Waals surface area (Å²) in [4.78, 5) is 0. The van der Waals surface area contributed by atoms with Crippen molar-refractivity contribution in [2.75, 3.05) is 0 Å². The fraction of sp³-hybridized carbons (Fsp3) is 0.0492. The lowest BCUT2D eigenvalue weighted by Crippen LogP contribution is -2.16. The fourth-order valence-electron chi connectivity index (χ4n) is 11.6. The van der Waals surface area contributed by atoms with Crippen LogP contribution in [0.15, 0.2) is 203 Å². The third kappa shape index (κ3) is 4.67. The molecule has 0 fully saturated rings. The van der Waals surface area contributed by atoms with Gasteiger partial charge in [-0.2, -0.15) is 0 Å². The van der Waals surface area contributed by atoms with Gasteiger partial charge in [0.2, 0.25) is 0 Å². The summed E-state index contributed by atoms with van der Waals surface area (Å²) in [6.07, 6.45) is 0. The van der Waals surface area contributed by atoms with E-state index in [0.29, 0.717) is 0 Å². The molecule has 2 nitrogen and oxygen atoms in total. The first-order chi connectivity index (χ1) is 31.0. The molecule has 0 unspecified atom stereocenters. The van der Waals surface area contributed by atoms with Crippen molar-refractivity contribution < 1.29 is 8.83 Å². The Balaban J connectivity index is 1.16. The monoisotopic (exact) mass is 802 g/mol. The van der Waals surface area contributed by atoms with Crippen molar-refractivity contribution in [3.8, 4) is 44.5 Å². The molecule has 11 aromatic carbocycles. The van der Waals surface area contributed by atoms with Gasteiger partial charge in [0, 0.05) is 37.7 Å². The summed E-state index contributed by atoms with van der Waals surface area (Å²) in [7, 11) is 0. The predicted molar refractivity (Wildman–Crippen MR) is 265 cm³/mol. The van der Waals surface area contributed by atoms with Crippen molar-refractivity contribution in [3.63, 3.8) is 0 Å². The highest BCUT2D eigenvalue weighted by molar-refractivity contribution is 6.28. The molecule has 2 heterocycles. The molecular weight excluding hydrogens is 765 g/mol. The number of rotatable bonds is 3. The molecule has 2 heteroatoms. The number of hydrogen-bond donors (Lipinski definition) is 0. The molecule has 0 spiro atoms. The second-order valence-corrected chi connectivity index (χ2v) is 17.8. The molecule has 0 atom stereocenters. The molecule has 2 aromatic heterocycles. The molecular formula is C61H38O2. The van der Waals surface area contributed by atoms with Gasteiger partial charge in [0.1, 0.15) is 22.3 Å². The van der Waals surface area contributed by atoms with E-state index in [4.69, 9.17) is 8.83 Å². The Morgan fingerprint density at radius 2 is 0.746 bits per heavy atom. The topological polar surface area (TPSA) is 26.3 Å². The minimum absolute atomic E-state index is 0.209. The van der Waals surface area contributed by atoms with Gasteiger partial charge in [-0.05, 0) is 118 Å². The van der Waals surface area contributed by atoms with Crippen LogP contribution in [0, 0.1) is 0 Å². The van der Waals surface area contributed by atoms with Crippen LogP contribution in [0.4, 0.5) is 0 Å². The first-order valence-electron chi connectivity index (χ1n) is 21.9. The van der Waals surface area contributed by atoms with Crippen LogP contribution in [0.25, 0.3) is 131 Å². The first-order valence-corrected chi connectivity index (χ1v) is 21.9. The number of fused-ring (bicyclic) bond motifs is 15. The van der Waals surface area contributed by atoms with Gasteiger partial charge in [0.05, 0.1) is 0 Å². The minimum atomic E-state index is -0.209. The number of para-hydroxylation sites is 2. The van der Waals surface area contributed by atoms with Crippen molar-refractivity contribution in [3.05, 3.63) is 205 Å². The first kappa shape index (κ1) is 34.7. The van der Waals surface area contributed by atoms with Gasteiger partial charge in [0.15, 0.2) is 0 Å². The van der Waals surface area contributed by atoms with Gasteiger partial charge in [-0.1, -0.05) is 178 Å². The van der Waals surface area contributed by atoms with Crippen LogP contribution in [0.1, 0.15) is 25.0 Å². The van der Waals surface area contributed by atoms with Gasteiger partial charge >= 0.3 is 0 Å². The molecule has 0 aliphatic heterocycles. The van der Waals surface area contributed by atoms with E-state index in [2.05, 4.69) is 208 Å². The van der Waals surface area contributed by atoms with Crippen LogP contribution in [0.5, 0.6) is 0 Å². The van der Waals surface area contributed by atoms with Crippen LogP contribution in [-0.2, 0) is 5.41 Å². The lowest BCUT2D eigenvalue weighted by atomic mass is 9.76. The Morgan fingerprint density at radius 3 is 1.35 bits per heavy atom. The zero-order valence-corrected chi connectivity index (χ0v) is 34.8. The molecule has 0 saturated heterocycles. The van der Waals surface area contributed by atoms with E-state index in [1.54, 1.807) is 0 Å². The number of furan rings is 2. The number of benzene rings is 11. The Hall–Kier alpha value is -7.94. The van der Waals surface area contributed by atoms with Crippen molar-refractivity contribution in [2.45, 2.75) is 19.3 Å². The maximum Gasteiger partial charge on any atom is 0.136 e. The highest BCUT2D eigenvalue weighted by atomic mass is 16.3. The molecule has 0 saturated carbocycles. The molecule has 294 valence electrons. The molecule has 0 bridgehead atoms. The summed E-state index contributed by atoms with van der Waals surface area (Å²) in [5, 5.41) is 14.3. The normalized spacial score (nSPS) is 13.4. The van der Waals surface area contributed by atoms with Gasteiger partial charge in [0.25, 0.3) is 0 Å². The van der Waals surface area contributed by atoms with E-state index in [0.717, 1.165) is 43.9 Å². The van der Waals surface area contributed by atoms with E-state index in [9.17, 15) is 0 Å².